The van der Waals surface area contributed by atoms with Crippen LogP contribution in [0.3, 0.4) is 0 Å². The third kappa shape index (κ3) is 3.71. The molecular formula is C15H31N3. The first-order valence-electron chi connectivity index (χ1n) is 7.42. The first-order chi connectivity index (χ1) is 8.35. The van der Waals surface area contributed by atoms with E-state index in [4.69, 9.17) is 11.1 Å². The number of nitrogens with one attached hydrogen (secondary N) is 1. The number of nitrogens with zero attached hydrogens (tertiary/aromatic N) is 1. The number of nitrogens with two attached hydrogens (primary N) is 1. The first-order valence-corrected chi connectivity index (χ1v) is 7.42. The molecule has 0 aliphatic carbocycles. The topological polar surface area (TPSA) is 53.1 Å². The Morgan fingerprint density at radius 1 is 1.22 bits per heavy atom. The van der Waals surface area contributed by atoms with Gasteiger partial charge in [0.1, 0.15) is 0 Å². The fourth-order valence-electron chi connectivity index (χ4n) is 2.78. The molecule has 18 heavy (non-hydrogen) atoms. The van der Waals surface area contributed by atoms with Crippen molar-refractivity contribution in [2.45, 2.75) is 59.8 Å². The Morgan fingerprint density at radius 2 is 1.72 bits per heavy atom. The predicted octanol–water partition coefficient (Wildman–Crippen LogP) is 3.24. The summed E-state index contributed by atoms with van der Waals surface area (Å²) in [6, 6.07) is 0. The van der Waals surface area contributed by atoms with Crippen molar-refractivity contribution in [1.82, 2.24) is 4.90 Å². The Bertz CT molecular complexity index is 269. The van der Waals surface area contributed by atoms with Crippen LogP contribution in [0.2, 0.25) is 0 Å². The maximum Gasteiger partial charge on any atom is 0.0963 e. The molecule has 1 aliphatic rings. The number of hydrogen-bond acceptors (Lipinski definition) is 2. The van der Waals surface area contributed by atoms with Crippen molar-refractivity contribution >= 4 is 5.84 Å². The average molecular weight is 253 g/mol. The lowest BCUT2D eigenvalue weighted by molar-refractivity contribution is 0.0903. The molecule has 0 aromatic heterocycles. The van der Waals surface area contributed by atoms with Crippen LogP contribution < -0.4 is 5.73 Å². The monoisotopic (exact) mass is 253 g/mol. The fraction of sp³-hybridized carbons (Fsp3) is 0.933. The van der Waals surface area contributed by atoms with E-state index >= 15 is 0 Å². The molecule has 0 aromatic carbocycles. The molecule has 0 bridgehead atoms. The molecule has 0 amide bonds. The van der Waals surface area contributed by atoms with Gasteiger partial charge in [0.15, 0.2) is 0 Å². The van der Waals surface area contributed by atoms with Crippen LogP contribution in [0.5, 0.6) is 0 Å². The van der Waals surface area contributed by atoms with Crippen LogP contribution in [-0.4, -0.2) is 30.4 Å². The minimum absolute atomic E-state index is 0.149. The Hall–Kier alpha value is -0.570. The summed E-state index contributed by atoms with van der Waals surface area (Å²) in [7, 11) is 0. The third-order valence-corrected chi connectivity index (χ3v) is 5.20. The minimum atomic E-state index is -0.149. The summed E-state index contributed by atoms with van der Waals surface area (Å²) in [5.41, 5.74) is 6.09. The average Bonchev–Trinajstić information content (AvgIpc) is 2.37. The molecule has 3 heteroatoms. The highest BCUT2D eigenvalue weighted by atomic mass is 15.1. The second-order valence-corrected chi connectivity index (χ2v) is 6.60. The number of rotatable bonds is 6. The lowest BCUT2D eigenvalue weighted by atomic mass is 9.74. The SMILES string of the molecule is CCC1(CC)CCN(CCC(C)(C)C(=N)N)CC1. The Labute approximate surface area is 113 Å². The Balaban J connectivity index is 2.39. The van der Waals surface area contributed by atoms with Crippen LogP contribution >= 0.6 is 0 Å². The maximum absolute atomic E-state index is 7.60. The molecule has 1 saturated heterocycles. The van der Waals surface area contributed by atoms with E-state index in [1.54, 1.807) is 0 Å². The van der Waals surface area contributed by atoms with Crippen molar-refractivity contribution in [3.63, 3.8) is 0 Å². The molecule has 0 atom stereocenters. The molecule has 0 radical (unpaired) electrons. The third-order valence-electron chi connectivity index (χ3n) is 5.20. The quantitative estimate of drug-likeness (QED) is 0.564. The minimum Gasteiger partial charge on any atom is -0.387 e. The van der Waals surface area contributed by atoms with Crippen molar-refractivity contribution in [2.75, 3.05) is 19.6 Å². The molecular weight excluding hydrogens is 222 g/mol. The number of hydrogen-bond donors (Lipinski definition) is 2. The van der Waals surface area contributed by atoms with Crippen molar-refractivity contribution in [3.8, 4) is 0 Å². The van der Waals surface area contributed by atoms with E-state index < -0.39 is 0 Å². The van der Waals surface area contributed by atoms with E-state index in [0.29, 0.717) is 11.3 Å². The highest BCUT2D eigenvalue weighted by Gasteiger charge is 2.31. The fourth-order valence-corrected chi connectivity index (χ4v) is 2.78. The van der Waals surface area contributed by atoms with Crippen molar-refractivity contribution in [3.05, 3.63) is 0 Å². The van der Waals surface area contributed by atoms with Gasteiger partial charge in [0.25, 0.3) is 0 Å². The van der Waals surface area contributed by atoms with E-state index in [1.807, 2.05) is 0 Å². The van der Waals surface area contributed by atoms with E-state index in [-0.39, 0.29) is 5.41 Å². The first kappa shape index (κ1) is 15.5. The van der Waals surface area contributed by atoms with Gasteiger partial charge in [-0.25, -0.2) is 0 Å². The normalized spacial score (nSPS) is 20.9. The van der Waals surface area contributed by atoms with Crippen LogP contribution in [0.4, 0.5) is 0 Å². The number of amidine groups is 1. The summed E-state index contributed by atoms with van der Waals surface area (Å²) in [6.45, 7) is 12.3. The summed E-state index contributed by atoms with van der Waals surface area (Å²) in [4.78, 5) is 2.55. The highest BCUT2D eigenvalue weighted by Crippen LogP contribution is 2.38. The van der Waals surface area contributed by atoms with E-state index in [9.17, 15) is 0 Å². The van der Waals surface area contributed by atoms with E-state index in [1.165, 1.54) is 38.8 Å². The van der Waals surface area contributed by atoms with Crippen molar-refractivity contribution < 1.29 is 0 Å². The van der Waals surface area contributed by atoms with Crippen LogP contribution in [0.25, 0.3) is 0 Å². The van der Waals surface area contributed by atoms with Crippen molar-refractivity contribution in [2.24, 2.45) is 16.6 Å². The van der Waals surface area contributed by atoms with E-state index in [2.05, 4.69) is 32.6 Å². The lowest BCUT2D eigenvalue weighted by Gasteiger charge is -2.41. The summed E-state index contributed by atoms with van der Waals surface area (Å²) in [5, 5.41) is 7.60. The zero-order valence-corrected chi connectivity index (χ0v) is 12.7. The van der Waals surface area contributed by atoms with Crippen LogP contribution in [0, 0.1) is 16.2 Å². The van der Waals surface area contributed by atoms with Gasteiger partial charge in [-0.15, -0.1) is 0 Å². The molecule has 0 spiro atoms. The molecule has 0 saturated carbocycles. The highest BCUT2D eigenvalue weighted by molar-refractivity contribution is 5.82. The molecule has 1 heterocycles. The van der Waals surface area contributed by atoms with Gasteiger partial charge in [0.05, 0.1) is 5.84 Å². The molecule has 1 fully saturated rings. The molecule has 3 N–H and O–H groups in total. The van der Waals surface area contributed by atoms with Crippen molar-refractivity contribution in [1.29, 1.82) is 5.41 Å². The molecule has 106 valence electrons. The second-order valence-electron chi connectivity index (χ2n) is 6.60. The summed E-state index contributed by atoms with van der Waals surface area (Å²) < 4.78 is 0. The summed E-state index contributed by atoms with van der Waals surface area (Å²) >= 11 is 0. The predicted molar refractivity (Wildman–Crippen MR) is 79.0 cm³/mol. The van der Waals surface area contributed by atoms with Gasteiger partial charge >= 0.3 is 0 Å². The molecule has 0 unspecified atom stereocenters. The number of likely N-dealkylation sites (tertiary alicyclic amines) is 1. The van der Waals surface area contributed by atoms with Gasteiger partial charge in [-0.2, -0.15) is 0 Å². The largest absolute Gasteiger partial charge is 0.387 e. The molecule has 1 aliphatic heterocycles. The number of piperidine rings is 1. The van der Waals surface area contributed by atoms with Gasteiger partial charge in [-0.1, -0.05) is 40.5 Å². The van der Waals surface area contributed by atoms with Crippen LogP contribution in [0.15, 0.2) is 0 Å². The lowest BCUT2D eigenvalue weighted by Crippen LogP contribution is -2.42. The second kappa shape index (κ2) is 6.05. The van der Waals surface area contributed by atoms with Gasteiger partial charge in [-0.05, 0) is 44.3 Å². The Morgan fingerprint density at radius 3 is 2.11 bits per heavy atom. The maximum atomic E-state index is 7.60. The van der Waals surface area contributed by atoms with Crippen LogP contribution in [0.1, 0.15) is 59.8 Å². The molecule has 0 aromatic rings. The molecule has 1 rings (SSSR count). The summed E-state index contributed by atoms with van der Waals surface area (Å²) in [5.74, 6) is 0.316. The van der Waals surface area contributed by atoms with E-state index in [0.717, 1.165) is 13.0 Å². The van der Waals surface area contributed by atoms with Gasteiger partial charge in [-0.3, -0.25) is 5.41 Å². The Kier molecular flexibility index (Phi) is 5.20. The zero-order chi connectivity index (χ0) is 13.8. The zero-order valence-electron chi connectivity index (χ0n) is 12.7. The smallest absolute Gasteiger partial charge is 0.0963 e. The molecule has 3 nitrogen and oxygen atoms in total. The van der Waals surface area contributed by atoms with Gasteiger partial charge in [0.2, 0.25) is 0 Å². The van der Waals surface area contributed by atoms with Crippen LogP contribution in [-0.2, 0) is 0 Å². The van der Waals surface area contributed by atoms with Gasteiger partial charge in [0, 0.05) is 5.41 Å². The van der Waals surface area contributed by atoms with Gasteiger partial charge < -0.3 is 10.6 Å². The standard InChI is InChI=1S/C15H31N3/c1-5-15(6-2)8-11-18(12-9-15)10-7-14(3,4)13(16)17/h5-12H2,1-4H3,(H3,16,17). The summed E-state index contributed by atoms with van der Waals surface area (Å²) in [6.07, 6.45) is 6.29.